The zero-order chi connectivity index (χ0) is 44.4. The van der Waals surface area contributed by atoms with Crippen LogP contribution in [-0.2, 0) is 31.0 Å². The van der Waals surface area contributed by atoms with Gasteiger partial charge in [0.15, 0.2) is 0 Å². The van der Waals surface area contributed by atoms with Crippen LogP contribution in [0, 0.1) is 17.8 Å². The summed E-state index contributed by atoms with van der Waals surface area (Å²) in [6.07, 6.45) is 9.07. The number of rotatable bonds is 24. The number of fused-ring (bicyclic) bond motifs is 2. The molecule has 2 fully saturated rings. The molecule has 1 saturated heterocycles. The Balaban J connectivity index is 1.43. The predicted octanol–water partition coefficient (Wildman–Crippen LogP) is 7.27. The van der Waals surface area contributed by atoms with Gasteiger partial charge in [-0.25, -0.2) is 8.42 Å². The van der Waals surface area contributed by atoms with Crippen LogP contribution in [-0.4, -0.2) is 104 Å². The number of sulfonamides is 1. The standard InChI is InChI=1S/C49H64N4O9S/c1-4-23-53(63(57,58)40-20-17-38(18-21-40)50-35(3)56)46-33-44(51-61-34-36-13-7-6-8-14-36)42-31-37(15-9-11-27-54)41(16-10-12-28-55)47-43-32-39(59-30-26-52-24-25-52)19-22-45(43)62-49(46,48(42)47)60-29-5-2/h5-8,13-14,17-22,31-32,37,41,46-48,54-55H,2,4,9-12,15-16,23-30,33-34H2,1,3H3,(H,50,56). The molecular weight excluding hydrogens is 821 g/mol. The van der Waals surface area contributed by atoms with Gasteiger partial charge in [0.05, 0.1) is 29.2 Å². The number of anilines is 1. The number of aliphatic hydroxyl groups is 2. The van der Waals surface area contributed by atoms with Crippen LogP contribution in [0.1, 0.15) is 82.3 Å². The first-order chi connectivity index (χ1) is 30.6. The summed E-state index contributed by atoms with van der Waals surface area (Å²) in [5.41, 5.74) is 3.90. The molecule has 340 valence electrons. The molecule has 1 saturated carbocycles. The minimum Gasteiger partial charge on any atom is -0.492 e. The molecule has 13 nitrogen and oxygen atoms in total. The van der Waals surface area contributed by atoms with E-state index in [2.05, 4.69) is 28.9 Å². The number of benzene rings is 3. The molecule has 3 aromatic carbocycles. The average molecular weight is 885 g/mol. The summed E-state index contributed by atoms with van der Waals surface area (Å²) in [4.78, 5) is 20.4. The highest BCUT2D eigenvalue weighted by atomic mass is 32.2. The van der Waals surface area contributed by atoms with Gasteiger partial charge in [-0.3, -0.25) is 9.69 Å². The molecule has 1 amide bonds. The fourth-order valence-electron chi connectivity index (χ4n) is 9.77. The van der Waals surface area contributed by atoms with Crippen molar-refractivity contribution in [1.29, 1.82) is 0 Å². The van der Waals surface area contributed by atoms with E-state index in [4.69, 9.17) is 24.2 Å². The number of amides is 1. The van der Waals surface area contributed by atoms with Crippen molar-refractivity contribution >= 4 is 27.3 Å². The minimum absolute atomic E-state index is 0.0222. The Morgan fingerprint density at radius 3 is 2.46 bits per heavy atom. The number of oxime groups is 1. The van der Waals surface area contributed by atoms with Crippen LogP contribution in [0.3, 0.4) is 0 Å². The highest BCUT2D eigenvalue weighted by molar-refractivity contribution is 7.89. The molecule has 6 unspecified atom stereocenters. The van der Waals surface area contributed by atoms with Crippen LogP contribution >= 0.6 is 0 Å². The predicted molar refractivity (Wildman–Crippen MR) is 243 cm³/mol. The van der Waals surface area contributed by atoms with Crippen LogP contribution in [0.25, 0.3) is 0 Å². The highest BCUT2D eigenvalue weighted by Gasteiger charge is 2.66. The molecule has 63 heavy (non-hydrogen) atoms. The third-order valence-electron chi connectivity index (χ3n) is 12.7. The molecule has 2 aliphatic carbocycles. The zero-order valence-corrected chi connectivity index (χ0v) is 37.5. The van der Waals surface area contributed by atoms with Crippen molar-refractivity contribution in [2.24, 2.45) is 22.9 Å². The van der Waals surface area contributed by atoms with Crippen molar-refractivity contribution in [1.82, 2.24) is 9.21 Å². The summed E-state index contributed by atoms with van der Waals surface area (Å²) < 4.78 is 52.8. The van der Waals surface area contributed by atoms with Gasteiger partial charge < -0.3 is 34.6 Å². The lowest BCUT2D eigenvalue weighted by Gasteiger charge is -2.59. The molecular formula is C49H64N4O9S. The number of allylic oxidation sites excluding steroid dienone is 1. The molecule has 0 radical (unpaired) electrons. The molecule has 14 heteroatoms. The summed E-state index contributed by atoms with van der Waals surface area (Å²) in [6.45, 7) is 11.5. The minimum atomic E-state index is -4.24. The van der Waals surface area contributed by atoms with E-state index in [0.717, 1.165) is 67.8 Å². The molecule has 3 N–H and O–H groups in total. The number of aliphatic hydroxyl groups excluding tert-OH is 2. The van der Waals surface area contributed by atoms with Crippen molar-refractivity contribution < 1.29 is 42.5 Å². The lowest BCUT2D eigenvalue weighted by molar-refractivity contribution is -0.251. The molecule has 6 atom stereocenters. The summed E-state index contributed by atoms with van der Waals surface area (Å²) in [7, 11) is -4.24. The second-order valence-electron chi connectivity index (χ2n) is 17.0. The maximum absolute atomic E-state index is 15.2. The molecule has 3 aromatic rings. The van der Waals surface area contributed by atoms with Crippen LogP contribution in [0.5, 0.6) is 11.5 Å². The summed E-state index contributed by atoms with van der Waals surface area (Å²) >= 11 is 0. The Morgan fingerprint density at radius 2 is 1.78 bits per heavy atom. The van der Waals surface area contributed by atoms with Crippen molar-refractivity contribution in [3.8, 4) is 11.5 Å². The average Bonchev–Trinajstić information content (AvgIpc) is 4.11. The molecule has 0 aromatic heterocycles. The van der Waals surface area contributed by atoms with Gasteiger partial charge in [0.25, 0.3) is 0 Å². The Morgan fingerprint density at radius 1 is 1.03 bits per heavy atom. The molecule has 2 aliphatic heterocycles. The number of hydrogen-bond donors (Lipinski definition) is 3. The topological polar surface area (TPSA) is 159 Å². The summed E-state index contributed by atoms with van der Waals surface area (Å²) in [6, 6.07) is 21.0. The highest BCUT2D eigenvalue weighted by Crippen LogP contribution is 2.62. The Labute approximate surface area is 372 Å². The first-order valence-corrected chi connectivity index (χ1v) is 24.1. The van der Waals surface area contributed by atoms with E-state index >= 15 is 8.42 Å². The monoisotopic (exact) mass is 884 g/mol. The normalized spacial score (nSPS) is 24.5. The number of hydrogen-bond acceptors (Lipinski definition) is 11. The molecule has 7 rings (SSSR count). The second kappa shape index (κ2) is 21.4. The summed E-state index contributed by atoms with van der Waals surface area (Å²) in [5.74, 6) is -1.22. The van der Waals surface area contributed by atoms with E-state index in [1.807, 2.05) is 49.4 Å². The van der Waals surface area contributed by atoms with Crippen LogP contribution in [0.4, 0.5) is 5.69 Å². The Hall–Kier alpha value is -4.57. The second-order valence-corrected chi connectivity index (χ2v) is 18.9. The van der Waals surface area contributed by atoms with Gasteiger partial charge in [-0.05, 0) is 97.5 Å². The first-order valence-electron chi connectivity index (χ1n) is 22.6. The fourth-order valence-corrected chi connectivity index (χ4v) is 11.5. The van der Waals surface area contributed by atoms with E-state index in [1.165, 1.54) is 23.4 Å². The van der Waals surface area contributed by atoms with Gasteiger partial charge in [-0.15, -0.1) is 6.58 Å². The number of ether oxygens (including phenoxy) is 3. The number of nitrogens with zero attached hydrogens (tertiary/aromatic N) is 3. The number of carbonyl (C=O) groups excluding carboxylic acids is 1. The Kier molecular flexibility index (Phi) is 15.8. The van der Waals surface area contributed by atoms with E-state index in [1.54, 1.807) is 18.2 Å². The van der Waals surface area contributed by atoms with E-state index < -0.39 is 27.8 Å². The number of nitrogens with one attached hydrogen (secondary N) is 1. The van der Waals surface area contributed by atoms with Crippen molar-refractivity contribution in [2.45, 2.75) is 94.5 Å². The number of unbranched alkanes of at least 4 members (excludes halogenated alkanes) is 2. The van der Waals surface area contributed by atoms with E-state index in [9.17, 15) is 15.0 Å². The lowest BCUT2D eigenvalue weighted by atomic mass is 9.55. The quantitative estimate of drug-likeness (QED) is 0.0362. The Bertz CT molecular complexity index is 2180. The molecule has 0 spiro atoms. The van der Waals surface area contributed by atoms with Crippen molar-refractivity contribution in [2.75, 3.05) is 57.9 Å². The molecule has 2 heterocycles. The van der Waals surface area contributed by atoms with E-state index in [0.29, 0.717) is 43.0 Å². The van der Waals surface area contributed by atoms with Gasteiger partial charge in [-0.2, -0.15) is 4.31 Å². The van der Waals surface area contributed by atoms with Crippen molar-refractivity contribution in [3.63, 3.8) is 0 Å². The van der Waals surface area contributed by atoms with Gasteiger partial charge in [0, 0.05) is 69.9 Å². The maximum Gasteiger partial charge on any atom is 0.243 e. The van der Waals surface area contributed by atoms with E-state index in [-0.39, 0.29) is 67.9 Å². The van der Waals surface area contributed by atoms with Gasteiger partial charge in [0.1, 0.15) is 24.7 Å². The largest absolute Gasteiger partial charge is 0.492 e. The van der Waals surface area contributed by atoms with Crippen LogP contribution in [0.15, 0.2) is 107 Å². The SMILES string of the molecule is C=CCOC12Oc3ccc(OCCN4CC4)cc3C3C(CCCCO)C(CCCCO)C=C(C(=NOCc4ccccc4)CC1N(CCC)S(=O)(=O)c1ccc(NC(C)=O)cc1)C32. The summed E-state index contributed by atoms with van der Waals surface area (Å²) in [5, 5.41) is 27.5. The van der Waals surface area contributed by atoms with Gasteiger partial charge in [0.2, 0.25) is 21.7 Å². The van der Waals surface area contributed by atoms with Crippen LogP contribution in [0.2, 0.25) is 0 Å². The maximum atomic E-state index is 15.2. The molecule has 0 bridgehead atoms. The molecule has 4 aliphatic rings. The third-order valence-corrected chi connectivity index (χ3v) is 14.6. The fraction of sp³-hybridized carbons (Fsp3) is 0.510. The number of carbonyl (C=O) groups is 1. The van der Waals surface area contributed by atoms with Gasteiger partial charge in [-0.1, -0.05) is 67.4 Å². The first kappa shape index (κ1) is 46.4. The zero-order valence-electron chi connectivity index (χ0n) is 36.7. The van der Waals surface area contributed by atoms with Crippen molar-refractivity contribution in [3.05, 3.63) is 108 Å². The lowest BCUT2D eigenvalue weighted by Crippen LogP contribution is -2.70. The van der Waals surface area contributed by atoms with Crippen LogP contribution < -0.4 is 14.8 Å². The third kappa shape index (κ3) is 10.7. The van der Waals surface area contributed by atoms with Gasteiger partial charge >= 0.3 is 0 Å². The smallest absolute Gasteiger partial charge is 0.243 e.